The van der Waals surface area contributed by atoms with Crippen LogP contribution in [0.3, 0.4) is 0 Å². The number of rotatable bonds is 40. The normalized spacial score (nSPS) is 31.4. The first kappa shape index (κ1) is 67.8. The van der Waals surface area contributed by atoms with Gasteiger partial charge in [-0.1, -0.05) is 164 Å². The zero-order valence-corrected chi connectivity index (χ0v) is 45.5. The van der Waals surface area contributed by atoms with Gasteiger partial charge in [-0.25, -0.2) is 0 Å². The molecular formula is C57H99NO18. The lowest BCUT2D eigenvalue weighted by Gasteiger charge is -2.48. The topological polar surface area (TPSA) is 307 Å². The van der Waals surface area contributed by atoms with Crippen molar-refractivity contribution in [1.82, 2.24) is 5.32 Å². The Morgan fingerprint density at radius 2 is 0.908 bits per heavy atom. The summed E-state index contributed by atoms with van der Waals surface area (Å²) in [4.78, 5) is 13.2. The van der Waals surface area contributed by atoms with Gasteiger partial charge in [0.15, 0.2) is 18.9 Å². The Bertz CT molecular complexity index is 1630. The van der Waals surface area contributed by atoms with Crippen LogP contribution in [0.2, 0.25) is 0 Å². The van der Waals surface area contributed by atoms with Crippen molar-refractivity contribution < 1.29 is 89.4 Å². The van der Waals surface area contributed by atoms with Crippen LogP contribution >= 0.6 is 0 Å². The fraction of sp³-hybridized carbons (Fsp3) is 0.807. The number of amides is 1. The molecule has 19 nitrogen and oxygen atoms in total. The van der Waals surface area contributed by atoms with Crippen LogP contribution < -0.4 is 5.32 Å². The predicted molar refractivity (Wildman–Crippen MR) is 286 cm³/mol. The summed E-state index contributed by atoms with van der Waals surface area (Å²) in [5.41, 5.74) is 0. The average Bonchev–Trinajstić information content (AvgIpc) is 3.42. The highest BCUT2D eigenvalue weighted by atomic mass is 16.8. The number of unbranched alkanes of at least 4 members (excludes halogenated alkanes) is 16. The molecule has 0 aliphatic carbocycles. The molecule has 19 heteroatoms. The monoisotopic (exact) mass is 1090 g/mol. The number of aliphatic hydroxyl groups excluding tert-OH is 11. The zero-order valence-electron chi connectivity index (χ0n) is 45.5. The second-order valence-corrected chi connectivity index (χ2v) is 20.4. The Kier molecular flexibility index (Phi) is 36.2. The number of allylic oxidation sites excluding steroid dienone is 9. The van der Waals surface area contributed by atoms with E-state index in [1.54, 1.807) is 6.08 Å². The van der Waals surface area contributed by atoms with E-state index in [9.17, 15) is 61.0 Å². The van der Waals surface area contributed by atoms with E-state index in [0.717, 1.165) is 64.2 Å². The van der Waals surface area contributed by atoms with Crippen LogP contribution in [0.5, 0.6) is 0 Å². The van der Waals surface area contributed by atoms with Crippen molar-refractivity contribution in [2.24, 2.45) is 0 Å². The number of hydrogen-bond donors (Lipinski definition) is 12. The molecule has 0 aromatic carbocycles. The molecule has 17 unspecified atom stereocenters. The molecule has 3 aliphatic rings. The first-order valence-corrected chi connectivity index (χ1v) is 28.5. The molecule has 3 saturated heterocycles. The molecule has 0 saturated carbocycles. The standard InChI is InChI=1S/C57H99NO18/c1-3-5-7-9-10-11-12-13-14-15-16-17-18-19-20-21-22-23-24-25-26-27-28-29-30-31-33-35-45(63)58-40(41(62)34-32-8-6-4-2)39-71-55-51(69)48(66)53(43(37-60)73-55)76-57-52(70)49(67)54(44(38-61)74-57)75-56-50(68)47(65)46(64)42(36-59)72-56/h5,7,10-11,13-14,16-17,32,34,40-44,46-57,59-62,64-70H,3-4,6,8-9,12,15,18-31,33,35-39H2,1-2H3,(H,58,63)/b7-5-,11-10-,14-13-,17-16-,34-32+. The first-order valence-electron chi connectivity index (χ1n) is 28.5. The number of carbonyl (C=O) groups excluding carboxylic acids is 1. The van der Waals surface area contributed by atoms with E-state index in [0.29, 0.717) is 12.8 Å². The summed E-state index contributed by atoms with van der Waals surface area (Å²) in [5, 5.41) is 119. The summed E-state index contributed by atoms with van der Waals surface area (Å²) in [6.07, 6.45) is 18.9. The Morgan fingerprint density at radius 3 is 1.41 bits per heavy atom. The van der Waals surface area contributed by atoms with E-state index in [1.807, 2.05) is 13.0 Å². The second kappa shape index (κ2) is 40.6. The summed E-state index contributed by atoms with van der Waals surface area (Å²) in [6.45, 7) is 1.41. The molecule has 3 rings (SSSR count). The molecule has 440 valence electrons. The number of carbonyl (C=O) groups is 1. The molecule has 0 aromatic rings. The molecule has 0 aromatic heterocycles. The summed E-state index contributed by atoms with van der Waals surface area (Å²) >= 11 is 0. The van der Waals surface area contributed by atoms with Gasteiger partial charge in [0.1, 0.15) is 73.2 Å². The smallest absolute Gasteiger partial charge is 0.220 e. The molecule has 17 atom stereocenters. The van der Waals surface area contributed by atoms with E-state index in [4.69, 9.17) is 28.4 Å². The minimum absolute atomic E-state index is 0.238. The van der Waals surface area contributed by atoms with Crippen molar-refractivity contribution in [2.45, 2.75) is 266 Å². The molecule has 76 heavy (non-hydrogen) atoms. The van der Waals surface area contributed by atoms with E-state index in [1.165, 1.54) is 64.2 Å². The maximum absolute atomic E-state index is 13.2. The van der Waals surface area contributed by atoms with E-state index in [-0.39, 0.29) is 18.9 Å². The third-order valence-corrected chi connectivity index (χ3v) is 14.1. The van der Waals surface area contributed by atoms with Crippen LogP contribution in [0.4, 0.5) is 0 Å². The van der Waals surface area contributed by atoms with Gasteiger partial charge in [0.2, 0.25) is 5.91 Å². The summed E-state index contributed by atoms with van der Waals surface area (Å²) in [6, 6.07) is -0.970. The van der Waals surface area contributed by atoms with Gasteiger partial charge < -0.3 is 89.9 Å². The molecule has 3 aliphatic heterocycles. The maximum Gasteiger partial charge on any atom is 0.220 e. The van der Waals surface area contributed by atoms with Gasteiger partial charge >= 0.3 is 0 Å². The van der Waals surface area contributed by atoms with Crippen molar-refractivity contribution in [1.29, 1.82) is 0 Å². The highest BCUT2D eigenvalue weighted by Crippen LogP contribution is 2.33. The summed E-state index contributed by atoms with van der Waals surface area (Å²) in [5.74, 6) is -0.289. The molecule has 1 amide bonds. The number of nitrogens with one attached hydrogen (secondary N) is 1. The Hall–Kier alpha value is -2.51. The van der Waals surface area contributed by atoms with Crippen LogP contribution in [0.25, 0.3) is 0 Å². The summed E-state index contributed by atoms with van der Waals surface area (Å²) < 4.78 is 34.0. The fourth-order valence-electron chi connectivity index (χ4n) is 9.34. The molecule has 0 bridgehead atoms. The average molecular weight is 1090 g/mol. The van der Waals surface area contributed by atoms with Crippen molar-refractivity contribution in [2.75, 3.05) is 26.4 Å². The SMILES string of the molecule is CC/C=C\C/C=C\C/C=C\C/C=C\CCCCCCCCCCCCCCCCC(=O)NC(COC1OC(CO)C(OC2OC(CO)C(OC3OC(CO)C(O)C(O)C3O)C(O)C2O)C(O)C1O)C(O)/C=C/CCCC. The van der Waals surface area contributed by atoms with Crippen LogP contribution in [-0.4, -0.2) is 193 Å². The first-order chi connectivity index (χ1) is 36.8. The molecule has 0 spiro atoms. The van der Waals surface area contributed by atoms with Gasteiger partial charge in [0.25, 0.3) is 0 Å². The minimum atomic E-state index is -1.98. The van der Waals surface area contributed by atoms with Crippen LogP contribution in [0.15, 0.2) is 60.8 Å². The Morgan fingerprint density at radius 1 is 0.487 bits per heavy atom. The molecule has 3 fully saturated rings. The van der Waals surface area contributed by atoms with Gasteiger partial charge in [-0.15, -0.1) is 0 Å². The van der Waals surface area contributed by atoms with Gasteiger partial charge in [0.05, 0.1) is 38.6 Å². The zero-order chi connectivity index (χ0) is 55.5. The van der Waals surface area contributed by atoms with Crippen molar-refractivity contribution in [3.63, 3.8) is 0 Å². The molecule has 0 radical (unpaired) electrons. The minimum Gasteiger partial charge on any atom is -0.394 e. The van der Waals surface area contributed by atoms with Gasteiger partial charge in [-0.05, 0) is 51.4 Å². The Balaban J connectivity index is 1.35. The molecule has 12 N–H and O–H groups in total. The largest absolute Gasteiger partial charge is 0.394 e. The lowest BCUT2D eigenvalue weighted by atomic mass is 9.96. The lowest BCUT2D eigenvalue weighted by molar-refractivity contribution is -0.379. The molecule has 3 heterocycles. The van der Waals surface area contributed by atoms with Crippen LogP contribution in [0.1, 0.15) is 162 Å². The maximum atomic E-state index is 13.2. The van der Waals surface area contributed by atoms with Gasteiger partial charge in [-0.2, -0.15) is 0 Å². The van der Waals surface area contributed by atoms with E-state index in [2.05, 4.69) is 60.8 Å². The quantitative estimate of drug-likeness (QED) is 0.0304. The highest BCUT2D eigenvalue weighted by molar-refractivity contribution is 5.76. The number of ether oxygens (including phenoxy) is 6. The third kappa shape index (κ3) is 24.9. The fourth-order valence-corrected chi connectivity index (χ4v) is 9.34. The van der Waals surface area contributed by atoms with E-state index < -0.39 is 124 Å². The van der Waals surface area contributed by atoms with Crippen molar-refractivity contribution in [3.05, 3.63) is 60.8 Å². The second-order valence-electron chi connectivity index (χ2n) is 20.4. The van der Waals surface area contributed by atoms with Crippen molar-refractivity contribution in [3.8, 4) is 0 Å². The van der Waals surface area contributed by atoms with Crippen molar-refractivity contribution >= 4 is 5.91 Å². The van der Waals surface area contributed by atoms with Crippen LogP contribution in [-0.2, 0) is 33.2 Å². The highest BCUT2D eigenvalue weighted by Gasteiger charge is 2.53. The van der Waals surface area contributed by atoms with Gasteiger partial charge in [-0.3, -0.25) is 4.79 Å². The lowest BCUT2D eigenvalue weighted by Crippen LogP contribution is -2.66. The van der Waals surface area contributed by atoms with Gasteiger partial charge in [0, 0.05) is 6.42 Å². The number of hydrogen-bond acceptors (Lipinski definition) is 18. The molecular weight excluding hydrogens is 987 g/mol. The Labute approximate surface area is 452 Å². The van der Waals surface area contributed by atoms with Crippen LogP contribution in [0, 0.1) is 0 Å². The number of aliphatic hydroxyl groups is 11. The third-order valence-electron chi connectivity index (χ3n) is 14.1. The van der Waals surface area contributed by atoms with E-state index >= 15 is 0 Å². The predicted octanol–water partition coefficient (Wildman–Crippen LogP) is 4.09. The summed E-state index contributed by atoms with van der Waals surface area (Å²) in [7, 11) is 0.